The SMILES string of the molecule is O=C1CCCCC1Oc1ccc([N+](=O)[O-])cc1. The fourth-order valence-electron chi connectivity index (χ4n) is 1.89. The molecule has 2 rings (SSSR count). The Morgan fingerprint density at radius 1 is 1.24 bits per heavy atom. The molecule has 0 spiro atoms. The monoisotopic (exact) mass is 235 g/mol. The summed E-state index contributed by atoms with van der Waals surface area (Å²) in [4.78, 5) is 21.5. The van der Waals surface area contributed by atoms with E-state index in [1.165, 1.54) is 24.3 Å². The minimum absolute atomic E-state index is 0.0207. The van der Waals surface area contributed by atoms with E-state index in [0.717, 1.165) is 19.3 Å². The van der Waals surface area contributed by atoms with E-state index in [0.29, 0.717) is 12.2 Å². The number of ether oxygens (including phenoxy) is 1. The second-order valence-electron chi connectivity index (χ2n) is 4.07. The number of ketones is 1. The van der Waals surface area contributed by atoms with Gasteiger partial charge < -0.3 is 4.74 Å². The molecule has 1 fully saturated rings. The number of benzene rings is 1. The zero-order chi connectivity index (χ0) is 12.3. The van der Waals surface area contributed by atoms with Crippen LogP contribution >= 0.6 is 0 Å². The summed E-state index contributed by atoms with van der Waals surface area (Å²) in [7, 11) is 0. The molecule has 1 aliphatic rings. The lowest BCUT2D eigenvalue weighted by Gasteiger charge is -2.21. The van der Waals surface area contributed by atoms with Crippen LogP contribution in [0.3, 0.4) is 0 Å². The quantitative estimate of drug-likeness (QED) is 0.596. The van der Waals surface area contributed by atoms with Gasteiger partial charge in [0.1, 0.15) is 5.75 Å². The predicted molar refractivity (Wildman–Crippen MR) is 61.0 cm³/mol. The molecule has 5 heteroatoms. The first kappa shape index (κ1) is 11.6. The largest absolute Gasteiger partial charge is 0.483 e. The van der Waals surface area contributed by atoms with Crippen LogP contribution in [0.25, 0.3) is 0 Å². The maximum Gasteiger partial charge on any atom is 0.269 e. The molecule has 90 valence electrons. The van der Waals surface area contributed by atoms with E-state index in [1.807, 2.05) is 0 Å². The second kappa shape index (κ2) is 4.95. The highest BCUT2D eigenvalue weighted by molar-refractivity contribution is 5.84. The average Bonchev–Trinajstić information content (AvgIpc) is 2.33. The maximum absolute atomic E-state index is 11.5. The first-order valence-electron chi connectivity index (χ1n) is 5.60. The number of rotatable bonds is 3. The fraction of sp³-hybridized carbons (Fsp3) is 0.417. The summed E-state index contributed by atoms with van der Waals surface area (Å²) in [6.45, 7) is 0. The van der Waals surface area contributed by atoms with Crippen LogP contribution in [-0.2, 0) is 4.79 Å². The number of hydrogen-bond donors (Lipinski definition) is 0. The number of nitrogens with zero attached hydrogens (tertiary/aromatic N) is 1. The molecule has 0 aliphatic heterocycles. The number of nitro groups is 1. The standard InChI is InChI=1S/C12H13NO4/c14-11-3-1-2-4-12(11)17-10-7-5-9(6-8-10)13(15)16/h5-8,12H,1-4H2. The summed E-state index contributed by atoms with van der Waals surface area (Å²) < 4.78 is 5.53. The summed E-state index contributed by atoms with van der Waals surface area (Å²) in [6.07, 6.45) is 2.83. The minimum Gasteiger partial charge on any atom is -0.483 e. The highest BCUT2D eigenvalue weighted by Gasteiger charge is 2.23. The molecule has 0 bridgehead atoms. The molecule has 1 unspecified atom stereocenters. The first-order chi connectivity index (χ1) is 8.16. The minimum atomic E-state index is -0.463. The van der Waals surface area contributed by atoms with Crippen LogP contribution in [-0.4, -0.2) is 16.8 Å². The van der Waals surface area contributed by atoms with Crippen LogP contribution in [0.4, 0.5) is 5.69 Å². The van der Waals surface area contributed by atoms with Gasteiger partial charge in [0.2, 0.25) is 0 Å². The molecule has 0 N–H and O–H groups in total. The van der Waals surface area contributed by atoms with Gasteiger partial charge in [-0.15, -0.1) is 0 Å². The fourth-order valence-corrected chi connectivity index (χ4v) is 1.89. The first-order valence-corrected chi connectivity index (χ1v) is 5.60. The highest BCUT2D eigenvalue weighted by atomic mass is 16.6. The molecule has 0 amide bonds. The summed E-state index contributed by atoms with van der Waals surface area (Å²) in [6, 6.07) is 5.81. The Morgan fingerprint density at radius 3 is 2.53 bits per heavy atom. The number of non-ortho nitro benzene ring substituents is 1. The molecule has 1 saturated carbocycles. The zero-order valence-electron chi connectivity index (χ0n) is 9.30. The maximum atomic E-state index is 11.5. The summed E-state index contributed by atoms with van der Waals surface area (Å²) in [5.74, 6) is 0.630. The van der Waals surface area contributed by atoms with E-state index in [1.54, 1.807) is 0 Å². The van der Waals surface area contributed by atoms with Crippen molar-refractivity contribution in [1.29, 1.82) is 0 Å². The summed E-state index contributed by atoms with van der Waals surface area (Å²) >= 11 is 0. The molecule has 1 atom stereocenters. The molecular weight excluding hydrogens is 222 g/mol. The molecule has 0 heterocycles. The third-order valence-electron chi connectivity index (χ3n) is 2.82. The van der Waals surface area contributed by atoms with Gasteiger partial charge in [0.25, 0.3) is 5.69 Å². The van der Waals surface area contributed by atoms with Gasteiger partial charge in [-0.3, -0.25) is 14.9 Å². The van der Waals surface area contributed by atoms with Crippen LogP contribution in [0.15, 0.2) is 24.3 Å². The van der Waals surface area contributed by atoms with Gasteiger partial charge >= 0.3 is 0 Å². The third-order valence-corrected chi connectivity index (χ3v) is 2.82. The Balaban J connectivity index is 2.03. The zero-order valence-corrected chi connectivity index (χ0v) is 9.30. The highest BCUT2D eigenvalue weighted by Crippen LogP contribution is 2.23. The van der Waals surface area contributed by atoms with E-state index >= 15 is 0 Å². The molecule has 17 heavy (non-hydrogen) atoms. The lowest BCUT2D eigenvalue weighted by atomic mass is 9.96. The molecule has 1 aromatic rings. The molecule has 0 saturated heterocycles. The van der Waals surface area contributed by atoms with Crippen molar-refractivity contribution >= 4 is 11.5 Å². The van der Waals surface area contributed by atoms with E-state index in [-0.39, 0.29) is 17.6 Å². The normalized spacial score (nSPS) is 20.0. The molecule has 1 aromatic carbocycles. The molecule has 0 radical (unpaired) electrons. The molecule has 0 aromatic heterocycles. The predicted octanol–water partition coefficient (Wildman–Crippen LogP) is 2.49. The topological polar surface area (TPSA) is 69.4 Å². The van der Waals surface area contributed by atoms with E-state index in [2.05, 4.69) is 0 Å². The van der Waals surface area contributed by atoms with Gasteiger partial charge in [-0.05, 0) is 31.4 Å². The Bertz CT molecular complexity index is 427. The molecule has 1 aliphatic carbocycles. The van der Waals surface area contributed by atoms with Gasteiger partial charge in [-0.2, -0.15) is 0 Å². The Labute approximate surface area is 98.5 Å². The number of hydrogen-bond acceptors (Lipinski definition) is 4. The van der Waals surface area contributed by atoms with Crippen LogP contribution in [0.1, 0.15) is 25.7 Å². The summed E-state index contributed by atoms with van der Waals surface area (Å²) in [5, 5.41) is 10.5. The van der Waals surface area contributed by atoms with E-state index < -0.39 is 4.92 Å². The van der Waals surface area contributed by atoms with Crippen molar-refractivity contribution in [1.82, 2.24) is 0 Å². The van der Waals surface area contributed by atoms with Crippen molar-refractivity contribution in [3.05, 3.63) is 34.4 Å². The number of carbonyl (C=O) groups is 1. The van der Waals surface area contributed by atoms with Crippen LogP contribution in [0.2, 0.25) is 0 Å². The average molecular weight is 235 g/mol. The van der Waals surface area contributed by atoms with Crippen molar-refractivity contribution < 1.29 is 14.5 Å². The molecular formula is C12H13NO4. The van der Waals surface area contributed by atoms with Gasteiger partial charge in [0.05, 0.1) is 4.92 Å². The van der Waals surface area contributed by atoms with Crippen molar-refractivity contribution in [3.63, 3.8) is 0 Å². The van der Waals surface area contributed by atoms with Gasteiger partial charge in [0.15, 0.2) is 11.9 Å². The second-order valence-corrected chi connectivity index (χ2v) is 4.07. The lowest BCUT2D eigenvalue weighted by molar-refractivity contribution is -0.384. The van der Waals surface area contributed by atoms with Gasteiger partial charge in [-0.25, -0.2) is 0 Å². The van der Waals surface area contributed by atoms with E-state index in [4.69, 9.17) is 4.74 Å². The van der Waals surface area contributed by atoms with Crippen molar-refractivity contribution in [2.75, 3.05) is 0 Å². The van der Waals surface area contributed by atoms with Crippen LogP contribution < -0.4 is 4.74 Å². The third kappa shape index (κ3) is 2.81. The van der Waals surface area contributed by atoms with Crippen molar-refractivity contribution in [2.24, 2.45) is 0 Å². The Hall–Kier alpha value is -1.91. The smallest absolute Gasteiger partial charge is 0.269 e. The van der Waals surface area contributed by atoms with Gasteiger partial charge in [0, 0.05) is 18.6 Å². The van der Waals surface area contributed by atoms with Crippen molar-refractivity contribution in [3.8, 4) is 5.75 Å². The lowest BCUT2D eigenvalue weighted by Crippen LogP contribution is -2.30. The Morgan fingerprint density at radius 2 is 1.94 bits per heavy atom. The van der Waals surface area contributed by atoms with E-state index in [9.17, 15) is 14.9 Å². The molecule has 5 nitrogen and oxygen atoms in total. The van der Waals surface area contributed by atoms with Crippen molar-refractivity contribution in [2.45, 2.75) is 31.8 Å². The summed E-state index contributed by atoms with van der Waals surface area (Å²) in [5.41, 5.74) is 0.0207. The Kier molecular flexibility index (Phi) is 3.37. The number of Topliss-reactive ketones (excluding diaryl/α,β-unsaturated/α-hetero) is 1. The number of carbonyl (C=O) groups excluding carboxylic acids is 1. The van der Waals surface area contributed by atoms with Crippen LogP contribution in [0, 0.1) is 10.1 Å². The number of nitro benzene ring substituents is 1. The van der Waals surface area contributed by atoms with Gasteiger partial charge in [-0.1, -0.05) is 0 Å². The van der Waals surface area contributed by atoms with Crippen LogP contribution in [0.5, 0.6) is 5.75 Å².